The third-order valence-corrected chi connectivity index (χ3v) is 2.19. The van der Waals surface area contributed by atoms with Crippen LogP contribution in [0.3, 0.4) is 0 Å². The molecule has 1 aliphatic carbocycles. The second-order valence-corrected chi connectivity index (χ2v) is 3.33. The first-order chi connectivity index (χ1) is 5.93. The average molecular weight is 165 g/mol. The van der Waals surface area contributed by atoms with E-state index in [-0.39, 0.29) is 0 Å². The van der Waals surface area contributed by atoms with Crippen LogP contribution in [-0.2, 0) is 0 Å². The molecule has 0 amide bonds. The summed E-state index contributed by atoms with van der Waals surface area (Å²) in [6.45, 7) is 4.56. The van der Waals surface area contributed by atoms with E-state index >= 15 is 0 Å². The van der Waals surface area contributed by atoms with Crippen LogP contribution in [0.1, 0.15) is 26.2 Å². The molecule has 0 aliphatic heterocycles. The first kappa shape index (κ1) is 9.53. The van der Waals surface area contributed by atoms with E-state index < -0.39 is 0 Å². The van der Waals surface area contributed by atoms with E-state index in [4.69, 9.17) is 0 Å². The average Bonchev–Trinajstić information content (AvgIpc) is 2.57. The number of nitrogens with one attached hydrogen (secondary N) is 1. The van der Waals surface area contributed by atoms with Gasteiger partial charge in [-0.1, -0.05) is 37.6 Å². The maximum absolute atomic E-state index is 3.45. The molecule has 0 bridgehead atoms. The van der Waals surface area contributed by atoms with Gasteiger partial charge in [0.2, 0.25) is 0 Å². The smallest absolute Gasteiger partial charge is 0.00352 e. The van der Waals surface area contributed by atoms with Gasteiger partial charge in [0.05, 0.1) is 0 Å². The van der Waals surface area contributed by atoms with Gasteiger partial charge in [-0.2, -0.15) is 0 Å². The summed E-state index contributed by atoms with van der Waals surface area (Å²) in [6, 6.07) is 0. The highest BCUT2D eigenvalue weighted by Crippen LogP contribution is 2.11. The molecule has 68 valence electrons. The normalized spacial score (nSPS) is 16.1. The fraction of sp³-hybridized carbons (Fsp3) is 0.636. The van der Waals surface area contributed by atoms with Crippen LogP contribution in [0.15, 0.2) is 24.3 Å². The lowest BCUT2D eigenvalue weighted by atomic mass is 10.1. The summed E-state index contributed by atoms with van der Waals surface area (Å²) in [7, 11) is 0. The molecule has 1 nitrogen and oxygen atoms in total. The Hall–Kier alpha value is -0.560. The van der Waals surface area contributed by atoms with E-state index in [2.05, 4.69) is 36.5 Å². The number of unbranched alkanes of at least 4 members (excludes halogenated alkanes) is 1. The zero-order valence-electron chi connectivity index (χ0n) is 7.92. The van der Waals surface area contributed by atoms with Gasteiger partial charge in [-0.15, -0.1) is 0 Å². The highest BCUT2D eigenvalue weighted by molar-refractivity contribution is 5.17. The second kappa shape index (κ2) is 6.01. The molecule has 12 heavy (non-hydrogen) atoms. The summed E-state index contributed by atoms with van der Waals surface area (Å²) in [5.41, 5.74) is 0. The van der Waals surface area contributed by atoms with Crippen LogP contribution in [0.25, 0.3) is 0 Å². The zero-order chi connectivity index (χ0) is 8.65. The fourth-order valence-electron chi connectivity index (χ4n) is 1.37. The molecule has 0 saturated heterocycles. The third kappa shape index (κ3) is 3.72. The van der Waals surface area contributed by atoms with E-state index in [0.29, 0.717) is 5.92 Å². The molecule has 0 atom stereocenters. The largest absolute Gasteiger partial charge is 0.317 e. The molecule has 0 aromatic heterocycles. The molecule has 1 N–H and O–H groups in total. The van der Waals surface area contributed by atoms with Gasteiger partial charge in [0.1, 0.15) is 0 Å². The molecule has 1 rings (SSSR count). The molecule has 1 aliphatic rings. The molecule has 0 radical (unpaired) electrons. The van der Waals surface area contributed by atoms with Gasteiger partial charge in [0.25, 0.3) is 0 Å². The summed E-state index contributed by atoms with van der Waals surface area (Å²) in [5.74, 6) is 0.694. The lowest BCUT2D eigenvalue weighted by molar-refractivity contribution is 0.588. The Morgan fingerprint density at radius 2 is 1.92 bits per heavy atom. The van der Waals surface area contributed by atoms with Gasteiger partial charge >= 0.3 is 0 Å². The van der Waals surface area contributed by atoms with Crippen molar-refractivity contribution in [3.05, 3.63) is 24.3 Å². The number of hydrogen-bond donors (Lipinski definition) is 1. The third-order valence-electron chi connectivity index (χ3n) is 2.19. The van der Waals surface area contributed by atoms with Gasteiger partial charge in [-0.25, -0.2) is 0 Å². The van der Waals surface area contributed by atoms with Crippen LogP contribution in [0.4, 0.5) is 0 Å². The van der Waals surface area contributed by atoms with Crippen LogP contribution in [0.5, 0.6) is 0 Å². The zero-order valence-corrected chi connectivity index (χ0v) is 7.92. The van der Waals surface area contributed by atoms with Crippen LogP contribution in [-0.4, -0.2) is 13.1 Å². The van der Waals surface area contributed by atoms with Crippen molar-refractivity contribution in [1.29, 1.82) is 0 Å². The van der Waals surface area contributed by atoms with Crippen LogP contribution in [0, 0.1) is 5.92 Å². The van der Waals surface area contributed by atoms with E-state index in [1.807, 2.05) is 0 Å². The van der Waals surface area contributed by atoms with Crippen molar-refractivity contribution < 1.29 is 0 Å². The van der Waals surface area contributed by atoms with Crippen molar-refractivity contribution in [2.45, 2.75) is 26.2 Å². The summed E-state index contributed by atoms with van der Waals surface area (Å²) < 4.78 is 0. The minimum absolute atomic E-state index is 0.694. The second-order valence-electron chi connectivity index (χ2n) is 3.33. The Kier molecular flexibility index (Phi) is 4.77. The molecular formula is C11H19N. The Morgan fingerprint density at radius 3 is 2.58 bits per heavy atom. The molecular weight excluding hydrogens is 146 g/mol. The SMILES string of the molecule is CCCCNCCC1C=CC=C1. The number of allylic oxidation sites excluding steroid dienone is 4. The molecule has 0 aromatic carbocycles. The van der Waals surface area contributed by atoms with Crippen molar-refractivity contribution in [2.75, 3.05) is 13.1 Å². The Bertz CT molecular complexity index is 146. The quantitative estimate of drug-likeness (QED) is 0.596. The van der Waals surface area contributed by atoms with Crippen molar-refractivity contribution in [2.24, 2.45) is 5.92 Å². The fourth-order valence-corrected chi connectivity index (χ4v) is 1.37. The van der Waals surface area contributed by atoms with Crippen LogP contribution < -0.4 is 5.32 Å². The van der Waals surface area contributed by atoms with Gasteiger partial charge in [-0.3, -0.25) is 0 Å². The van der Waals surface area contributed by atoms with Gasteiger partial charge in [0, 0.05) is 0 Å². The van der Waals surface area contributed by atoms with E-state index in [9.17, 15) is 0 Å². The van der Waals surface area contributed by atoms with E-state index in [0.717, 1.165) is 6.54 Å². The van der Waals surface area contributed by atoms with Crippen molar-refractivity contribution in [3.8, 4) is 0 Å². The van der Waals surface area contributed by atoms with Crippen LogP contribution in [0.2, 0.25) is 0 Å². The van der Waals surface area contributed by atoms with Crippen molar-refractivity contribution >= 4 is 0 Å². The lowest BCUT2D eigenvalue weighted by Crippen LogP contribution is -2.18. The van der Waals surface area contributed by atoms with Crippen molar-refractivity contribution in [1.82, 2.24) is 5.32 Å². The lowest BCUT2D eigenvalue weighted by Gasteiger charge is -2.06. The Morgan fingerprint density at radius 1 is 1.17 bits per heavy atom. The predicted octanol–water partition coefficient (Wildman–Crippen LogP) is 2.51. The summed E-state index contributed by atoms with van der Waals surface area (Å²) in [5, 5.41) is 3.45. The Labute approximate surface area is 75.6 Å². The van der Waals surface area contributed by atoms with Crippen molar-refractivity contribution in [3.63, 3.8) is 0 Å². The summed E-state index contributed by atoms with van der Waals surface area (Å²) in [6.07, 6.45) is 12.6. The number of hydrogen-bond acceptors (Lipinski definition) is 1. The molecule has 0 unspecified atom stereocenters. The molecule has 1 heteroatoms. The minimum atomic E-state index is 0.694. The highest BCUT2D eigenvalue weighted by Gasteiger charge is 2.01. The summed E-state index contributed by atoms with van der Waals surface area (Å²) in [4.78, 5) is 0. The molecule has 0 aromatic rings. The maximum atomic E-state index is 3.45. The van der Waals surface area contributed by atoms with Gasteiger partial charge in [0.15, 0.2) is 0 Å². The molecule has 0 saturated carbocycles. The minimum Gasteiger partial charge on any atom is -0.317 e. The topological polar surface area (TPSA) is 12.0 Å². The summed E-state index contributed by atoms with van der Waals surface area (Å²) >= 11 is 0. The van der Waals surface area contributed by atoms with Gasteiger partial charge < -0.3 is 5.32 Å². The predicted molar refractivity (Wildman–Crippen MR) is 54.2 cm³/mol. The standard InChI is InChI=1S/C11H19N/c1-2-3-9-12-10-8-11-6-4-5-7-11/h4-7,11-12H,2-3,8-10H2,1H3. The van der Waals surface area contributed by atoms with Gasteiger partial charge in [-0.05, 0) is 31.8 Å². The van der Waals surface area contributed by atoms with E-state index in [1.165, 1.54) is 25.8 Å². The Balaban J connectivity index is 1.89. The van der Waals surface area contributed by atoms with Crippen LogP contribution >= 0.6 is 0 Å². The highest BCUT2D eigenvalue weighted by atomic mass is 14.8. The van der Waals surface area contributed by atoms with E-state index in [1.54, 1.807) is 0 Å². The molecule has 0 fully saturated rings. The number of rotatable bonds is 6. The molecule has 0 spiro atoms. The first-order valence-electron chi connectivity index (χ1n) is 4.99. The monoisotopic (exact) mass is 165 g/mol. The first-order valence-corrected chi connectivity index (χ1v) is 4.99. The maximum Gasteiger partial charge on any atom is -0.00352 e. The molecule has 0 heterocycles.